The summed E-state index contributed by atoms with van der Waals surface area (Å²) in [6.45, 7) is 4.04. The number of anilines is 2. The highest BCUT2D eigenvalue weighted by atomic mass is 16.5. The van der Waals surface area contributed by atoms with E-state index < -0.39 is 0 Å². The van der Waals surface area contributed by atoms with E-state index in [2.05, 4.69) is 24.5 Å². The van der Waals surface area contributed by atoms with Gasteiger partial charge in [0.25, 0.3) is 11.8 Å². The van der Waals surface area contributed by atoms with Gasteiger partial charge in [0.15, 0.2) is 6.61 Å². The molecule has 0 unspecified atom stereocenters. The molecule has 3 aromatic carbocycles. The van der Waals surface area contributed by atoms with Crippen LogP contribution in [0.1, 0.15) is 35.3 Å². The van der Waals surface area contributed by atoms with Crippen molar-refractivity contribution >= 4 is 23.2 Å². The van der Waals surface area contributed by atoms with Crippen molar-refractivity contribution in [3.63, 3.8) is 0 Å². The maximum Gasteiger partial charge on any atom is 0.262 e. The minimum absolute atomic E-state index is 0.107. The summed E-state index contributed by atoms with van der Waals surface area (Å²) < 4.78 is 5.52. The Balaban J connectivity index is 1.59. The molecule has 3 aromatic rings. The molecule has 0 radical (unpaired) electrons. The van der Waals surface area contributed by atoms with E-state index in [4.69, 9.17) is 4.74 Å². The van der Waals surface area contributed by atoms with Crippen LogP contribution in [0.2, 0.25) is 0 Å². The van der Waals surface area contributed by atoms with Gasteiger partial charge in [-0.25, -0.2) is 0 Å². The number of ether oxygens (including phenoxy) is 1. The fourth-order valence-electron chi connectivity index (χ4n) is 3.16. The van der Waals surface area contributed by atoms with Crippen LogP contribution < -0.4 is 15.4 Å². The lowest BCUT2D eigenvalue weighted by Gasteiger charge is -2.14. The highest BCUT2D eigenvalue weighted by molar-refractivity contribution is 6.05. The highest BCUT2D eigenvalue weighted by Gasteiger charge is 2.12. The Morgan fingerprint density at radius 2 is 1.40 bits per heavy atom. The Morgan fingerprint density at radius 3 is 2.00 bits per heavy atom. The zero-order valence-electron chi connectivity index (χ0n) is 17.3. The minimum Gasteiger partial charge on any atom is -0.484 e. The van der Waals surface area contributed by atoms with Crippen LogP contribution in [0.15, 0.2) is 72.8 Å². The lowest BCUT2D eigenvalue weighted by molar-refractivity contribution is -0.118. The van der Waals surface area contributed by atoms with E-state index in [0.29, 0.717) is 11.3 Å². The van der Waals surface area contributed by atoms with Gasteiger partial charge in [-0.3, -0.25) is 9.59 Å². The van der Waals surface area contributed by atoms with Gasteiger partial charge in [-0.15, -0.1) is 0 Å². The van der Waals surface area contributed by atoms with E-state index in [9.17, 15) is 9.59 Å². The fourth-order valence-corrected chi connectivity index (χ4v) is 3.16. The highest BCUT2D eigenvalue weighted by Crippen LogP contribution is 2.23. The number of benzene rings is 3. The molecule has 0 saturated carbocycles. The number of nitrogens with one attached hydrogen (secondary N) is 2. The second-order valence-electron chi connectivity index (χ2n) is 6.84. The van der Waals surface area contributed by atoms with Gasteiger partial charge in [0.05, 0.1) is 0 Å². The molecule has 0 aliphatic heterocycles. The Kier molecular flexibility index (Phi) is 7.22. The number of amides is 2. The molecule has 0 aromatic heterocycles. The molecule has 3 rings (SSSR count). The van der Waals surface area contributed by atoms with Gasteiger partial charge in [0.2, 0.25) is 0 Å². The Morgan fingerprint density at radius 1 is 0.767 bits per heavy atom. The standard InChI is InChI=1S/C25H26N2O3/c1-3-18-9-8-10-19(4-2)24(18)27-25(29)20-13-15-22(16-14-20)30-17-23(28)26-21-11-6-5-7-12-21/h5-16H,3-4,17H2,1-2H3,(H,26,28)(H,27,29). The number of rotatable bonds is 8. The second-order valence-corrected chi connectivity index (χ2v) is 6.84. The number of para-hydroxylation sites is 2. The largest absolute Gasteiger partial charge is 0.484 e. The molecule has 154 valence electrons. The van der Waals surface area contributed by atoms with Gasteiger partial charge >= 0.3 is 0 Å². The average molecular weight is 402 g/mol. The Hall–Kier alpha value is -3.60. The molecule has 0 aliphatic carbocycles. The number of carbonyl (C=O) groups excluding carboxylic acids is 2. The lowest BCUT2D eigenvalue weighted by Crippen LogP contribution is -2.20. The maximum atomic E-state index is 12.7. The van der Waals surface area contributed by atoms with Crippen molar-refractivity contribution in [3.8, 4) is 5.75 Å². The lowest BCUT2D eigenvalue weighted by atomic mass is 10.0. The van der Waals surface area contributed by atoms with Crippen molar-refractivity contribution in [3.05, 3.63) is 89.5 Å². The molecule has 2 N–H and O–H groups in total. The van der Waals surface area contributed by atoms with Gasteiger partial charge in [-0.2, -0.15) is 0 Å². The zero-order chi connectivity index (χ0) is 21.3. The first kappa shape index (κ1) is 21.1. The molecule has 0 fully saturated rings. The molecule has 5 heteroatoms. The summed E-state index contributed by atoms with van der Waals surface area (Å²) in [5, 5.41) is 5.81. The van der Waals surface area contributed by atoms with E-state index >= 15 is 0 Å². The quantitative estimate of drug-likeness (QED) is 0.552. The normalized spacial score (nSPS) is 10.3. The van der Waals surface area contributed by atoms with Gasteiger partial charge in [-0.1, -0.05) is 50.2 Å². The van der Waals surface area contributed by atoms with Crippen LogP contribution in [0.3, 0.4) is 0 Å². The molecule has 0 saturated heterocycles. The molecule has 2 amide bonds. The second kappa shape index (κ2) is 10.3. The molecule has 0 aliphatic rings. The van der Waals surface area contributed by atoms with Crippen LogP contribution in [0, 0.1) is 0 Å². The molecule has 5 nitrogen and oxygen atoms in total. The van der Waals surface area contributed by atoms with Crippen molar-refractivity contribution in [2.24, 2.45) is 0 Å². The third-order valence-electron chi connectivity index (χ3n) is 4.78. The van der Waals surface area contributed by atoms with Crippen LogP contribution in [-0.4, -0.2) is 18.4 Å². The fraction of sp³-hybridized carbons (Fsp3) is 0.200. The number of hydrogen-bond donors (Lipinski definition) is 2. The van der Waals surface area contributed by atoms with Crippen LogP contribution in [0.5, 0.6) is 5.75 Å². The monoisotopic (exact) mass is 402 g/mol. The summed E-state index contributed by atoms with van der Waals surface area (Å²) in [5.41, 5.74) is 4.38. The van der Waals surface area contributed by atoms with Crippen LogP contribution in [0.4, 0.5) is 11.4 Å². The molecule has 0 bridgehead atoms. The molecule has 0 atom stereocenters. The van der Waals surface area contributed by atoms with Gasteiger partial charge < -0.3 is 15.4 Å². The summed E-state index contributed by atoms with van der Waals surface area (Å²) in [4.78, 5) is 24.7. The third-order valence-corrected chi connectivity index (χ3v) is 4.78. The Labute approximate surface area is 177 Å². The predicted molar refractivity (Wildman–Crippen MR) is 120 cm³/mol. The summed E-state index contributed by atoms with van der Waals surface area (Å²) in [5.74, 6) is 0.114. The van der Waals surface area contributed by atoms with Gasteiger partial charge in [0, 0.05) is 16.9 Å². The predicted octanol–water partition coefficient (Wildman–Crippen LogP) is 5.08. The number of aryl methyl sites for hydroxylation is 2. The van der Waals surface area contributed by atoms with Crippen molar-refractivity contribution < 1.29 is 14.3 Å². The zero-order valence-corrected chi connectivity index (χ0v) is 17.3. The molecular weight excluding hydrogens is 376 g/mol. The first-order valence-corrected chi connectivity index (χ1v) is 10.1. The van der Waals surface area contributed by atoms with Gasteiger partial charge in [0.1, 0.15) is 5.75 Å². The van der Waals surface area contributed by atoms with Crippen LogP contribution in [0.25, 0.3) is 0 Å². The summed E-state index contributed by atoms with van der Waals surface area (Å²) in [6.07, 6.45) is 1.70. The van der Waals surface area contributed by atoms with Crippen molar-refractivity contribution in [2.75, 3.05) is 17.2 Å². The molecule has 0 spiro atoms. The first-order valence-electron chi connectivity index (χ1n) is 10.1. The molecular formula is C25H26N2O3. The van der Waals surface area contributed by atoms with Crippen LogP contribution in [-0.2, 0) is 17.6 Å². The third kappa shape index (κ3) is 5.47. The van der Waals surface area contributed by atoms with Crippen LogP contribution >= 0.6 is 0 Å². The van der Waals surface area contributed by atoms with E-state index in [1.807, 2.05) is 48.5 Å². The number of carbonyl (C=O) groups is 2. The topological polar surface area (TPSA) is 67.4 Å². The van der Waals surface area contributed by atoms with Crippen molar-refractivity contribution in [2.45, 2.75) is 26.7 Å². The van der Waals surface area contributed by atoms with E-state index in [1.165, 1.54) is 0 Å². The van der Waals surface area contributed by atoms with Crippen molar-refractivity contribution in [1.82, 2.24) is 0 Å². The summed E-state index contributed by atoms with van der Waals surface area (Å²) in [6, 6.07) is 22.1. The first-order chi connectivity index (χ1) is 14.6. The average Bonchev–Trinajstić information content (AvgIpc) is 2.78. The minimum atomic E-state index is -0.244. The molecule has 30 heavy (non-hydrogen) atoms. The van der Waals surface area contributed by atoms with E-state index in [-0.39, 0.29) is 18.4 Å². The smallest absolute Gasteiger partial charge is 0.262 e. The number of hydrogen-bond acceptors (Lipinski definition) is 3. The molecule has 0 heterocycles. The van der Waals surface area contributed by atoms with Crippen molar-refractivity contribution in [1.29, 1.82) is 0 Å². The SMILES string of the molecule is CCc1cccc(CC)c1NC(=O)c1ccc(OCC(=O)Nc2ccccc2)cc1. The Bertz CT molecular complexity index is 976. The van der Waals surface area contributed by atoms with E-state index in [1.54, 1.807) is 24.3 Å². The summed E-state index contributed by atoms with van der Waals surface area (Å²) >= 11 is 0. The van der Waals surface area contributed by atoms with E-state index in [0.717, 1.165) is 35.3 Å². The summed E-state index contributed by atoms with van der Waals surface area (Å²) in [7, 11) is 0. The maximum absolute atomic E-state index is 12.7. The van der Waals surface area contributed by atoms with Gasteiger partial charge in [-0.05, 0) is 60.4 Å².